The van der Waals surface area contributed by atoms with Gasteiger partial charge in [0, 0.05) is 32.5 Å². The van der Waals surface area contributed by atoms with Crippen molar-refractivity contribution >= 4 is 5.96 Å². The van der Waals surface area contributed by atoms with Crippen molar-refractivity contribution in [1.82, 2.24) is 20.2 Å². The zero-order valence-electron chi connectivity index (χ0n) is 15.8. The molecule has 148 valence electrons. The Labute approximate surface area is 157 Å². The second-order valence-corrected chi connectivity index (χ2v) is 6.69. The molecule has 1 heterocycles. The molecule has 1 aromatic heterocycles. The molecule has 8 heteroatoms. The lowest BCUT2D eigenvalue weighted by Crippen LogP contribution is -2.38. The highest BCUT2D eigenvalue weighted by molar-refractivity contribution is 5.79. The van der Waals surface area contributed by atoms with Crippen molar-refractivity contribution in [3.63, 3.8) is 0 Å². The summed E-state index contributed by atoms with van der Waals surface area (Å²) < 4.78 is 39.8. The van der Waals surface area contributed by atoms with Gasteiger partial charge in [0.25, 0.3) is 0 Å². The highest BCUT2D eigenvalue weighted by Crippen LogP contribution is 2.29. The van der Waals surface area contributed by atoms with Crippen LogP contribution in [-0.4, -0.2) is 29.1 Å². The number of guanidine groups is 1. The molecule has 0 bridgehead atoms. The van der Waals surface area contributed by atoms with Gasteiger partial charge in [-0.3, -0.25) is 4.99 Å². The van der Waals surface area contributed by atoms with Crippen LogP contribution in [0.2, 0.25) is 0 Å². The zero-order chi connectivity index (χ0) is 19.9. The quantitative estimate of drug-likeness (QED) is 0.570. The monoisotopic (exact) mass is 381 g/mol. The van der Waals surface area contributed by atoms with Crippen molar-refractivity contribution in [1.29, 1.82) is 0 Å². The summed E-state index contributed by atoms with van der Waals surface area (Å²) in [5.74, 6) is 2.08. The zero-order valence-corrected chi connectivity index (χ0v) is 15.8. The average Bonchev–Trinajstić information content (AvgIpc) is 3.04. The fourth-order valence-electron chi connectivity index (χ4n) is 2.64. The summed E-state index contributed by atoms with van der Waals surface area (Å²) in [6, 6.07) is 5.22. The van der Waals surface area contributed by atoms with E-state index in [0.29, 0.717) is 31.4 Å². The van der Waals surface area contributed by atoms with E-state index >= 15 is 0 Å². The molecular formula is C19H26F3N5. The smallest absolute Gasteiger partial charge is 0.356 e. The first-order chi connectivity index (χ1) is 12.8. The number of hydrogen-bond donors (Lipinski definition) is 2. The minimum atomic E-state index is -4.30. The maximum atomic E-state index is 12.6. The number of imidazole rings is 1. The van der Waals surface area contributed by atoms with Crippen LogP contribution in [0.4, 0.5) is 13.2 Å². The summed E-state index contributed by atoms with van der Waals surface area (Å²) in [6.45, 7) is 6.31. The fraction of sp³-hybridized carbons (Fsp3) is 0.474. The highest BCUT2D eigenvalue weighted by atomic mass is 19.4. The van der Waals surface area contributed by atoms with E-state index < -0.39 is 11.7 Å². The molecule has 1 aromatic carbocycles. The molecule has 0 unspecified atom stereocenters. The maximum Gasteiger partial charge on any atom is 0.416 e. The first-order valence-electron chi connectivity index (χ1n) is 8.90. The lowest BCUT2D eigenvalue weighted by molar-refractivity contribution is -0.137. The number of benzene rings is 1. The number of halogens is 3. The largest absolute Gasteiger partial charge is 0.416 e. The molecule has 0 radical (unpaired) electrons. The standard InChI is InChI=1S/C19H26F3N5/c1-14(2)13-27-11-10-24-17(27)12-26-18(23-3)25-9-8-15-4-6-16(7-5-15)19(20,21)22/h4-7,10-11,14H,8-9,12-13H2,1-3H3,(H2,23,25,26). The van der Waals surface area contributed by atoms with Gasteiger partial charge in [0.1, 0.15) is 5.82 Å². The van der Waals surface area contributed by atoms with Gasteiger partial charge in [-0.15, -0.1) is 0 Å². The van der Waals surface area contributed by atoms with E-state index in [0.717, 1.165) is 30.1 Å². The summed E-state index contributed by atoms with van der Waals surface area (Å²) in [6.07, 6.45) is 0.0306. The van der Waals surface area contributed by atoms with Crippen molar-refractivity contribution in [2.45, 2.75) is 39.5 Å². The number of rotatable bonds is 7. The predicted octanol–water partition coefficient (Wildman–Crippen LogP) is 3.47. The van der Waals surface area contributed by atoms with Crippen LogP contribution in [0.15, 0.2) is 41.7 Å². The average molecular weight is 381 g/mol. The first kappa shape index (κ1) is 20.8. The number of alkyl halides is 3. The predicted molar refractivity (Wildman–Crippen MR) is 100 cm³/mol. The minimum absolute atomic E-state index is 0.527. The van der Waals surface area contributed by atoms with Crippen LogP contribution in [0.25, 0.3) is 0 Å². The lowest BCUT2D eigenvalue weighted by Gasteiger charge is -2.14. The topological polar surface area (TPSA) is 54.2 Å². The molecule has 0 saturated carbocycles. The molecule has 0 aliphatic carbocycles. The van der Waals surface area contributed by atoms with E-state index in [1.807, 2.05) is 6.20 Å². The number of aliphatic imine (C=N–C) groups is 1. The Bertz CT molecular complexity index is 733. The van der Waals surface area contributed by atoms with Gasteiger partial charge < -0.3 is 15.2 Å². The number of nitrogens with zero attached hydrogens (tertiary/aromatic N) is 3. The van der Waals surface area contributed by atoms with E-state index in [2.05, 4.69) is 39.0 Å². The molecule has 0 aliphatic heterocycles. The van der Waals surface area contributed by atoms with Gasteiger partial charge in [-0.1, -0.05) is 26.0 Å². The van der Waals surface area contributed by atoms with E-state index in [1.165, 1.54) is 12.1 Å². The third-order valence-electron chi connectivity index (χ3n) is 3.99. The Hall–Kier alpha value is -2.51. The highest BCUT2D eigenvalue weighted by Gasteiger charge is 2.29. The van der Waals surface area contributed by atoms with Crippen molar-refractivity contribution < 1.29 is 13.2 Å². The van der Waals surface area contributed by atoms with Crippen molar-refractivity contribution in [2.24, 2.45) is 10.9 Å². The molecule has 0 amide bonds. The molecule has 0 aliphatic rings. The normalized spacial score (nSPS) is 12.5. The SMILES string of the molecule is CN=C(NCCc1ccc(C(F)(F)F)cc1)NCc1nccn1CC(C)C. The maximum absolute atomic E-state index is 12.6. The van der Waals surface area contributed by atoms with Crippen molar-refractivity contribution in [3.05, 3.63) is 53.6 Å². The Balaban J connectivity index is 1.80. The van der Waals surface area contributed by atoms with Crippen LogP contribution in [-0.2, 0) is 25.7 Å². The van der Waals surface area contributed by atoms with Gasteiger partial charge in [0.2, 0.25) is 0 Å². The molecule has 2 N–H and O–H groups in total. The molecule has 2 aromatic rings. The van der Waals surface area contributed by atoms with Gasteiger partial charge >= 0.3 is 6.18 Å². The molecule has 0 fully saturated rings. The second-order valence-electron chi connectivity index (χ2n) is 6.69. The van der Waals surface area contributed by atoms with Crippen LogP contribution in [0.5, 0.6) is 0 Å². The van der Waals surface area contributed by atoms with E-state index in [9.17, 15) is 13.2 Å². The van der Waals surface area contributed by atoms with Crippen LogP contribution < -0.4 is 10.6 Å². The second kappa shape index (κ2) is 9.43. The summed E-state index contributed by atoms with van der Waals surface area (Å²) in [4.78, 5) is 8.52. The Morgan fingerprint density at radius 2 is 1.89 bits per heavy atom. The van der Waals surface area contributed by atoms with E-state index in [-0.39, 0.29) is 0 Å². The fourth-order valence-corrected chi connectivity index (χ4v) is 2.64. The van der Waals surface area contributed by atoms with Gasteiger partial charge in [0.15, 0.2) is 5.96 Å². The van der Waals surface area contributed by atoms with E-state index in [4.69, 9.17) is 0 Å². The van der Waals surface area contributed by atoms with Gasteiger partial charge in [-0.25, -0.2) is 4.98 Å². The van der Waals surface area contributed by atoms with Crippen molar-refractivity contribution in [3.8, 4) is 0 Å². The van der Waals surface area contributed by atoms with Crippen LogP contribution in [0, 0.1) is 5.92 Å². The Morgan fingerprint density at radius 1 is 1.19 bits per heavy atom. The Morgan fingerprint density at radius 3 is 2.48 bits per heavy atom. The van der Waals surface area contributed by atoms with Gasteiger partial charge in [0.05, 0.1) is 12.1 Å². The summed E-state index contributed by atoms with van der Waals surface area (Å²) in [5, 5.41) is 6.37. The van der Waals surface area contributed by atoms with Crippen molar-refractivity contribution in [2.75, 3.05) is 13.6 Å². The van der Waals surface area contributed by atoms with Crippen LogP contribution >= 0.6 is 0 Å². The molecule has 27 heavy (non-hydrogen) atoms. The number of aromatic nitrogens is 2. The molecular weight excluding hydrogens is 355 g/mol. The summed E-state index contributed by atoms with van der Waals surface area (Å²) >= 11 is 0. The van der Waals surface area contributed by atoms with Gasteiger partial charge in [-0.2, -0.15) is 13.2 Å². The minimum Gasteiger partial charge on any atom is -0.356 e. The summed E-state index contributed by atoms with van der Waals surface area (Å²) in [5.41, 5.74) is 0.201. The first-order valence-corrected chi connectivity index (χ1v) is 8.90. The third kappa shape index (κ3) is 6.62. The molecule has 5 nitrogen and oxygen atoms in total. The van der Waals surface area contributed by atoms with E-state index in [1.54, 1.807) is 13.2 Å². The molecule has 0 spiro atoms. The van der Waals surface area contributed by atoms with Crippen LogP contribution in [0.3, 0.4) is 0 Å². The number of nitrogens with one attached hydrogen (secondary N) is 2. The molecule has 0 saturated heterocycles. The Kier molecular flexibility index (Phi) is 7.27. The molecule has 0 atom stereocenters. The lowest BCUT2D eigenvalue weighted by atomic mass is 10.1. The van der Waals surface area contributed by atoms with Gasteiger partial charge in [-0.05, 0) is 30.0 Å². The molecule has 2 rings (SSSR count). The third-order valence-corrected chi connectivity index (χ3v) is 3.99. The van der Waals surface area contributed by atoms with Crippen LogP contribution in [0.1, 0.15) is 30.8 Å². The summed E-state index contributed by atoms with van der Waals surface area (Å²) in [7, 11) is 1.67. The number of hydrogen-bond acceptors (Lipinski definition) is 2.